The topological polar surface area (TPSA) is 57.3 Å². The van der Waals surface area contributed by atoms with Crippen LogP contribution in [0.5, 0.6) is 0 Å². The van der Waals surface area contributed by atoms with E-state index < -0.39 is 0 Å². The van der Waals surface area contributed by atoms with Crippen LogP contribution in [0, 0.1) is 0 Å². The highest BCUT2D eigenvalue weighted by atomic mass is 16.1. The van der Waals surface area contributed by atoms with Gasteiger partial charge < -0.3 is 15.5 Å². The van der Waals surface area contributed by atoms with Gasteiger partial charge in [-0.2, -0.15) is 0 Å². The molecule has 0 saturated carbocycles. The number of nitrogens with one attached hydrogen (secondary N) is 2. The Labute approximate surface area is 108 Å². The van der Waals surface area contributed by atoms with E-state index in [-0.39, 0.29) is 5.91 Å². The van der Waals surface area contributed by atoms with Crippen molar-refractivity contribution in [2.24, 2.45) is 0 Å². The maximum Gasteiger partial charge on any atom is 0.269 e. The Morgan fingerprint density at radius 1 is 1.61 bits per heavy atom. The van der Waals surface area contributed by atoms with Gasteiger partial charge in [0.25, 0.3) is 5.91 Å². The molecule has 0 atom stereocenters. The largest absolute Gasteiger partial charge is 0.366 e. The average molecular weight is 248 g/mol. The van der Waals surface area contributed by atoms with E-state index in [4.69, 9.17) is 0 Å². The van der Waals surface area contributed by atoms with Crippen LogP contribution in [0.15, 0.2) is 18.3 Å². The Bertz CT molecular complexity index is 417. The maximum absolute atomic E-state index is 11.6. The van der Waals surface area contributed by atoms with Crippen molar-refractivity contribution in [3.05, 3.63) is 24.0 Å². The van der Waals surface area contributed by atoms with E-state index in [9.17, 15) is 4.79 Å². The third kappa shape index (κ3) is 2.61. The number of hydrogen-bond donors (Lipinski definition) is 2. The molecule has 2 rings (SSSR count). The molecule has 0 spiro atoms. The molecule has 0 aromatic carbocycles. The zero-order valence-electron chi connectivity index (χ0n) is 10.9. The van der Waals surface area contributed by atoms with E-state index in [1.165, 1.54) is 0 Å². The highest BCUT2D eigenvalue weighted by Gasteiger charge is 2.24. The van der Waals surface area contributed by atoms with E-state index in [0.717, 1.165) is 31.7 Å². The first-order valence-corrected chi connectivity index (χ1v) is 6.41. The minimum absolute atomic E-state index is 0.139. The zero-order chi connectivity index (χ0) is 13.0. The predicted molar refractivity (Wildman–Crippen MR) is 71.9 cm³/mol. The fourth-order valence-electron chi connectivity index (χ4n) is 2.11. The van der Waals surface area contributed by atoms with Crippen molar-refractivity contribution < 1.29 is 4.79 Å². The van der Waals surface area contributed by atoms with Gasteiger partial charge in [-0.15, -0.1) is 0 Å². The summed E-state index contributed by atoms with van der Waals surface area (Å²) in [5, 5.41) is 5.89. The number of pyridine rings is 1. The highest BCUT2D eigenvalue weighted by molar-refractivity contribution is 5.92. The van der Waals surface area contributed by atoms with Crippen LogP contribution in [0.1, 0.15) is 23.8 Å². The van der Waals surface area contributed by atoms with Gasteiger partial charge >= 0.3 is 0 Å². The number of hydrogen-bond acceptors (Lipinski definition) is 4. The number of nitrogens with zero attached hydrogens (tertiary/aromatic N) is 2. The molecule has 1 fully saturated rings. The summed E-state index contributed by atoms with van der Waals surface area (Å²) >= 11 is 0. The molecule has 5 nitrogen and oxygen atoms in total. The van der Waals surface area contributed by atoms with Crippen LogP contribution in [0.3, 0.4) is 0 Å². The molecule has 0 unspecified atom stereocenters. The summed E-state index contributed by atoms with van der Waals surface area (Å²) in [7, 11) is 1.62. The lowest BCUT2D eigenvalue weighted by Gasteiger charge is -2.39. The van der Waals surface area contributed by atoms with Crippen molar-refractivity contribution in [3.8, 4) is 0 Å². The quantitative estimate of drug-likeness (QED) is 0.802. The molecule has 1 aromatic heterocycles. The first-order valence-electron chi connectivity index (χ1n) is 6.41. The van der Waals surface area contributed by atoms with Gasteiger partial charge in [-0.1, -0.05) is 6.92 Å². The predicted octanol–water partition coefficient (Wildman–Crippen LogP) is 0.629. The SMILES string of the molecule is CCCN(c1ccnc(C(=O)NC)c1)C1CNC1. The van der Waals surface area contributed by atoms with Gasteiger partial charge in [-0.3, -0.25) is 9.78 Å². The van der Waals surface area contributed by atoms with Crippen molar-refractivity contribution in [2.75, 3.05) is 31.6 Å². The molecule has 2 N–H and O–H groups in total. The second kappa shape index (κ2) is 5.82. The Balaban J connectivity index is 2.21. The molecule has 0 bridgehead atoms. The molecular weight excluding hydrogens is 228 g/mol. The number of amides is 1. The van der Waals surface area contributed by atoms with E-state index >= 15 is 0 Å². The number of carbonyl (C=O) groups is 1. The summed E-state index contributed by atoms with van der Waals surface area (Å²) in [5.74, 6) is -0.139. The molecule has 5 heteroatoms. The van der Waals surface area contributed by atoms with Gasteiger partial charge in [0.1, 0.15) is 5.69 Å². The van der Waals surface area contributed by atoms with Crippen molar-refractivity contribution in [3.63, 3.8) is 0 Å². The lowest BCUT2D eigenvalue weighted by molar-refractivity contribution is 0.0958. The Morgan fingerprint density at radius 3 is 2.94 bits per heavy atom. The third-order valence-corrected chi connectivity index (χ3v) is 3.20. The summed E-state index contributed by atoms with van der Waals surface area (Å²) in [5.41, 5.74) is 1.56. The molecular formula is C13H20N4O. The van der Waals surface area contributed by atoms with Crippen molar-refractivity contribution in [1.29, 1.82) is 0 Å². The molecule has 1 aliphatic heterocycles. The Kier molecular flexibility index (Phi) is 4.15. The van der Waals surface area contributed by atoms with Gasteiger partial charge in [0.15, 0.2) is 0 Å². The normalized spacial score (nSPS) is 15.0. The number of carbonyl (C=O) groups excluding carboxylic acids is 1. The molecule has 1 aliphatic rings. The number of aromatic nitrogens is 1. The van der Waals surface area contributed by atoms with Crippen molar-refractivity contribution in [2.45, 2.75) is 19.4 Å². The smallest absolute Gasteiger partial charge is 0.269 e. The van der Waals surface area contributed by atoms with Crippen LogP contribution in [0.2, 0.25) is 0 Å². The molecule has 18 heavy (non-hydrogen) atoms. The summed E-state index contributed by atoms with van der Waals surface area (Å²) in [4.78, 5) is 18.0. The summed E-state index contributed by atoms with van der Waals surface area (Å²) in [6, 6.07) is 4.37. The molecule has 0 aliphatic carbocycles. The summed E-state index contributed by atoms with van der Waals surface area (Å²) in [6.07, 6.45) is 2.79. The van der Waals surface area contributed by atoms with E-state index in [1.807, 2.05) is 12.1 Å². The lowest BCUT2D eigenvalue weighted by atomic mass is 10.1. The van der Waals surface area contributed by atoms with Crippen LogP contribution in [0.25, 0.3) is 0 Å². The van der Waals surface area contributed by atoms with E-state index in [0.29, 0.717) is 11.7 Å². The minimum atomic E-state index is -0.139. The van der Waals surface area contributed by atoms with Gasteiger partial charge in [0.05, 0.1) is 6.04 Å². The van der Waals surface area contributed by atoms with Crippen LogP contribution in [-0.2, 0) is 0 Å². The second-order valence-corrected chi connectivity index (χ2v) is 4.48. The van der Waals surface area contributed by atoms with Crippen molar-refractivity contribution >= 4 is 11.6 Å². The molecule has 98 valence electrons. The Hall–Kier alpha value is -1.62. The van der Waals surface area contributed by atoms with Crippen LogP contribution in [-0.4, -0.2) is 43.6 Å². The Morgan fingerprint density at radius 2 is 2.39 bits per heavy atom. The average Bonchev–Trinajstić information content (AvgIpc) is 2.35. The first-order chi connectivity index (χ1) is 8.76. The highest BCUT2D eigenvalue weighted by Crippen LogP contribution is 2.19. The van der Waals surface area contributed by atoms with Gasteiger partial charge in [-0.05, 0) is 18.6 Å². The van der Waals surface area contributed by atoms with Gasteiger partial charge in [0, 0.05) is 38.6 Å². The van der Waals surface area contributed by atoms with Crippen molar-refractivity contribution in [1.82, 2.24) is 15.6 Å². The van der Waals surface area contributed by atoms with Gasteiger partial charge in [-0.25, -0.2) is 0 Å². The lowest BCUT2D eigenvalue weighted by Crippen LogP contribution is -2.57. The molecule has 0 radical (unpaired) electrons. The molecule has 1 amide bonds. The molecule has 1 saturated heterocycles. The molecule has 2 heterocycles. The van der Waals surface area contributed by atoms with Gasteiger partial charge in [0.2, 0.25) is 0 Å². The second-order valence-electron chi connectivity index (χ2n) is 4.48. The maximum atomic E-state index is 11.6. The first kappa shape index (κ1) is 12.8. The zero-order valence-corrected chi connectivity index (χ0v) is 10.9. The van der Waals surface area contributed by atoms with E-state index in [2.05, 4.69) is 27.4 Å². The van der Waals surface area contributed by atoms with Crippen LogP contribution in [0.4, 0.5) is 5.69 Å². The minimum Gasteiger partial charge on any atom is -0.366 e. The monoisotopic (exact) mass is 248 g/mol. The fourth-order valence-corrected chi connectivity index (χ4v) is 2.11. The number of rotatable bonds is 5. The van der Waals surface area contributed by atoms with Crippen LogP contribution >= 0.6 is 0 Å². The number of anilines is 1. The van der Waals surface area contributed by atoms with Crippen LogP contribution < -0.4 is 15.5 Å². The third-order valence-electron chi connectivity index (χ3n) is 3.20. The van der Waals surface area contributed by atoms with E-state index in [1.54, 1.807) is 13.2 Å². The molecule has 1 aromatic rings. The fraction of sp³-hybridized carbons (Fsp3) is 0.538. The standard InChI is InChI=1S/C13H20N4O/c1-3-6-17(11-8-15-9-11)10-4-5-16-12(7-10)13(18)14-2/h4-5,7,11,15H,3,6,8-9H2,1-2H3,(H,14,18). The summed E-state index contributed by atoms with van der Waals surface area (Å²) in [6.45, 7) is 5.19. The summed E-state index contributed by atoms with van der Waals surface area (Å²) < 4.78 is 0.